The Labute approximate surface area is 109 Å². The molecule has 1 aromatic carbocycles. The van der Waals surface area contributed by atoms with E-state index in [1.54, 1.807) is 0 Å². The van der Waals surface area contributed by atoms with E-state index in [1.165, 1.54) is 7.05 Å². The molecule has 0 bridgehead atoms. The SMILES string of the molecule is CN(CC1OCCO1)S(=O)(=O)c1ccc(F)c(F)c1. The summed E-state index contributed by atoms with van der Waals surface area (Å²) in [7, 11) is -2.58. The Balaban J connectivity index is 2.18. The average Bonchev–Trinajstić information content (AvgIpc) is 2.85. The predicted molar refractivity (Wildman–Crippen MR) is 61.9 cm³/mol. The lowest BCUT2D eigenvalue weighted by atomic mass is 10.3. The van der Waals surface area contributed by atoms with Crippen LogP contribution in [0, 0.1) is 11.6 Å². The summed E-state index contributed by atoms with van der Waals surface area (Å²) in [6.07, 6.45) is -0.634. The maximum Gasteiger partial charge on any atom is 0.243 e. The molecule has 1 aliphatic heterocycles. The summed E-state index contributed by atoms with van der Waals surface area (Å²) in [5, 5.41) is 0. The second-order valence-corrected chi connectivity index (χ2v) is 6.08. The van der Waals surface area contributed by atoms with Gasteiger partial charge in [0.1, 0.15) is 0 Å². The Morgan fingerprint density at radius 3 is 2.47 bits per heavy atom. The highest BCUT2D eigenvalue weighted by molar-refractivity contribution is 7.89. The molecular weight excluding hydrogens is 280 g/mol. The highest BCUT2D eigenvalue weighted by atomic mass is 32.2. The van der Waals surface area contributed by atoms with Crippen molar-refractivity contribution in [3.05, 3.63) is 29.8 Å². The van der Waals surface area contributed by atoms with Crippen LogP contribution in [0.15, 0.2) is 23.1 Å². The summed E-state index contributed by atoms with van der Waals surface area (Å²) in [6.45, 7) is 0.800. The zero-order valence-electron chi connectivity index (χ0n) is 10.2. The molecule has 1 aliphatic rings. The van der Waals surface area contributed by atoms with E-state index in [4.69, 9.17) is 9.47 Å². The molecule has 19 heavy (non-hydrogen) atoms. The number of nitrogens with zero attached hydrogens (tertiary/aromatic N) is 1. The molecule has 1 saturated heterocycles. The van der Waals surface area contributed by atoms with E-state index in [-0.39, 0.29) is 11.4 Å². The average molecular weight is 293 g/mol. The summed E-state index contributed by atoms with van der Waals surface area (Å²) in [4.78, 5) is -0.313. The molecule has 1 fully saturated rings. The van der Waals surface area contributed by atoms with Crippen LogP contribution >= 0.6 is 0 Å². The molecule has 0 aromatic heterocycles. The van der Waals surface area contributed by atoms with Gasteiger partial charge in [-0.3, -0.25) is 0 Å². The molecular formula is C11H13F2NO4S. The zero-order chi connectivity index (χ0) is 14.0. The molecule has 0 amide bonds. The predicted octanol–water partition coefficient (Wildman–Crippen LogP) is 0.958. The molecule has 0 aliphatic carbocycles. The van der Waals surface area contributed by atoms with Crippen LogP contribution < -0.4 is 0 Å². The fraction of sp³-hybridized carbons (Fsp3) is 0.455. The van der Waals surface area contributed by atoms with Crippen LogP contribution in [-0.2, 0) is 19.5 Å². The number of ether oxygens (including phenoxy) is 2. The van der Waals surface area contributed by atoms with Gasteiger partial charge in [0.2, 0.25) is 10.0 Å². The molecule has 0 radical (unpaired) electrons. The van der Waals surface area contributed by atoms with Crippen LogP contribution in [0.4, 0.5) is 8.78 Å². The van der Waals surface area contributed by atoms with Gasteiger partial charge >= 0.3 is 0 Å². The maximum absolute atomic E-state index is 13.1. The quantitative estimate of drug-likeness (QED) is 0.829. The smallest absolute Gasteiger partial charge is 0.243 e. The number of sulfonamides is 1. The first-order valence-electron chi connectivity index (χ1n) is 5.56. The van der Waals surface area contributed by atoms with Gasteiger partial charge in [0.15, 0.2) is 17.9 Å². The number of hydrogen-bond donors (Lipinski definition) is 0. The molecule has 2 rings (SSSR count). The van der Waals surface area contributed by atoms with E-state index in [2.05, 4.69) is 0 Å². The molecule has 8 heteroatoms. The van der Waals surface area contributed by atoms with Crippen molar-refractivity contribution in [3.63, 3.8) is 0 Å². The van der Waals surface area contributed by atoms with E-state index >= 15 is 0 Å². The first-order chi connectivity index (χ1) is 8.91. The minimum Gasteiger partial charge on any atom is -0.349 e. The van der Waals surface area contributed by atoms with Crippen LogP contribution in [0.25, 0.3) is 0 Å². The topological polar surface area (TPSA) is 55.8 Å². The standard InChI is InChI=1S/C11H13F2NO4S/c1-14(7-11-17-4-5-18-11)19(15,16)8-2-3-9(12)10(13)6-8/h2-3,6,11H,4-5,7H2,1H3. The fourth-order valence-corrected chi connectivity index (χ4v) is 2.81. The summed E-state index contributed by atoms with van der Waals surface area (Å²) >= 11 is 0. The first kappa shape index (κ1) is 14.3. The van der Waals surface area contributed by atoms with E-state index < -0.39 is 27.9 Å². The van der Waals surface area contributed by atoms with Crippen molar-refractivity contribution in [3.8, 4) is 0 Å². The molecule has 106 valence electrons. The van der Waals surface area contributed by atoms with Crippen molar-refractivity contribution in [2.24, 2.45) is 0 Å². The second kappa shape index (κ2) is 5.49. The second-order valence-electron chi connectivity index (χ2n) is 4.03. The van der Waals surface area contributed by atoms with Gasteiger partial charge in [-0.05, 0) is 18.2 Å². The Bertz CT molecular complexity index is 558. The van der Waals surface area contributed by atoms with Crippen LogP contribution in [0.3, 0.4) is 0 Å². The van der Waals surface area contributed by atoms with Crippen LogP contribution in [0.2, 0.25) is 0 Å². The maximum atomic E-state index is 13.1. The molecule has 0 unspecified atom stereocenters. The van der Waals surface area contributed by atoms with Crippen molar-refractivity contribution < 1.29 is 26.7 Å². The molecule has 0 atom stereocenters. The van der Waals surface area contributed by atoms with Gasteiger partial charge in [-0.1, -0.05) is 0 Å². The highest BCUT2D eigenvalue weighted by Gasteiger charge is 2.27. The molecule has 0 spiro atoms. The van der Waals surface area contributed by atoms with Crippen molar-refractivity contribution in [1.29, 1.82) is 0 Å². The van der Waals surface area contributed by atoms with Gasteiger partial charge in [0.05, 0.1) is 24.7 Å². The molecule has 1 aromatic rings. The van der Waals surface area contributed by atoms with E-state index in [0.29, 0.717) is 19.3 Å². The number of hydrogen-bond acceptors (Lipinski definition) is 4. The minimum absolute atomic E-state index is 0.0126. The van der Waals surface area contributed by atoms with Crippen LogP contribution in [-0.4, -0.2) is 45.8 Å². The Morgan fingerprint density at radius 2 is 1.89 bits per heavy atom. The van der Waals surface area contributed by atoms with E-state index in [1.807, 2.05) is 0 Å². The zero-order valence-corrected chi connectivity index (χ0v) is 11.0. The summed E-state index contributed by atoms with van der Waals surface area (Å²) in [5.74, 6) is -2.30. The summed E-state index contributed by atoms with van der Waals surface area (Å²) < 4.78 is 61.3. The van der Waals surface area contributed by atoms with Gasteiger partial charge < -0.3 is 9.47 Å². The summed E-state index contributed by atoms with van der Waals surface area (Å²) in [6, 6.07) is 2.44. The van der Waals surface area contributed by atoms with E-state index in [0.717, 1.165) is 16.4 Å². The molecule has 0 saturated carbocycles. The molecule has 5 nitrogen and oxygen atoms in total. The third-order valence-electron chi connectivity index (χ3n) is 2.70. The minimum atomic E-state index is -3.90. The van der Waals surface area contributed by atoms with Crippen LogP contribution in [0.5, 0.6) is 0 Å². The number of rotatable bonds is 4. The largest absolute Gasteiger partial charge is 0.349 e. The fourth-order valence-electron chi connectivity index (χ4n) is 1.64. The third-order valence-corrected chi connectivity index (χ3v) is 4.52. The summed E-state index contributed by atoms with van der Waals surface area (Å²) in [5.41, 5.74) is 0. The lowest BCUT2D eigenvalue weighted by Crippen LogP contribution is -2.34. The Morgan fingerprint density at radius 1 is 1.26 bits per heavy atom. The van der Waals surface area contributed by atoms with E-state index in [9.17, 15) is 17.2 Å². The van der Waals surface area contributed by atoms with Crippen molar-refractivity contribution >= 4 is 10.0 Å². The molecule has 0 N–H and O–H groups in total. The van der Waals surface area contributed by atoms with Gasteiger partial charge in [-0.2, -0.15) is 4.31 Å². The van der Waals surface area contributed by atoms with Crippen LogP contribution in [0.1, 0.15) is 0 Å². The van der Waals surface area contributed by atoms with Crippen molar-refractivity contribution in [2.45, 2.75) is 11.2 Å². The van der Waals surface area contributed by atoms with Crippen molar-refractivity contribution in [1.82, 2.24) is 4.31 Å². The van der Waals surface area contributed by atoms with Gasteiger partial charge in [-0.15, -0.1) is 0 Å². The lowest BCUT2D eigenvalue weighted by Gasteiger charge is -2.20. The number of halogens is 2. The molecule has 1 heterocycles. The lowest BCUT2D eigenvalue weighted by molar-refractivity contribution is -0.0482. The van der Waals surface area contributed by atoms with Gasteiger partial charge in [0, 0.05) is 7.05 Å². The Hall–Kier alpha value is -1.09. The van der Waals surface area contributed by atoms with Crippen molar-refractivity contribution in [2.75, 3.05) is 26.8 Å². The monoisotopic (exact) mass is 293 g/mol. The normalized spacial score (nSPS) is 17.3. The first-order valence-corrected chi connectivity index (χ1v) is 7.00. The van der Waals surface area contributed by atoms with Gasteiger partial charge in [0.25, 0.3) is 0 Å². The third kappa shape index (κ3) is 3.08. The van der Waals surface area contributed by atoms with Gasteiger partial charge in [-0.25, -0.2) is 17.2 Å². The number of benzene rings is 1. The highest BCUT2D eigenvalue weighted by Crippen LogP contribution is 2.18. The number of likely N-dealkylation sites (N-methyl/N-ethyl adjacent to an activating group) is 1. The Kier molecular flexibility index (Phi) is 4.14.